The first-order valence-corrected chi connectivity index (χ1v) is 7.24. The van der Waals surface area contributed by atoms with Crippen molar-refractivity contribution in [3.8, 4) is 5.75 Å². The summed E-state index contributed by atoms with van der Waals surface area (Å²) in [6.45, 7) is 8.85. The maximum Gasteiger partial charge on any atom is 0.124 e. The second-order valence-corrected chi connectivity index (χ2v) is 4.87. The smallest absolute Gasteiger partial charge is 0.124 e. The van der Waals surface area contributed by atoms with E-state index in [2.05, 4.69) is 18.3 Å². The summed E-state index contributed by atoms with van der Waals surface area (Å²) in [5.41, 5.74) is 1.13. The van der Waals surface area contributed by atoms with E-state index >= 15 is 0 Å². The van der Waals surface area contributed by atoms with Crippen LogP contribution in [0.15, 0.2) is 24.3 Å². The number of ether oxygens (including phenoxy) is 3. The Balaban J connectivity index is 2.77. The van der Waals surface area contributed by atoms with Crippen LogP contribution in [0.25, 0.3) is 0 Å². The van der Waals surface area contributed by atoms with Gasteiger partial charge in [-0.2, -0.15) is 0 Å². The molecule has 0 saturated heterocycles. The molecule has 0 aliphatic heterocycles. The van der Waals surface area contributed by atoms with Crippen molar-refractivity contribution < 1.29 is 14.2 Å². The Labute approximate surface area is 122 Å². The van der Waals surface area contributed by atoms with Gasteiger partial charge in [0.1, 0.15) is 12.4 Å². The number of hydrogen-bond donors (Lipinski definition) is 1. The molecular weight excluding hydrogens is 254 g/mol. The highest BCUT2D eigenvalue weighted by Gasteiger charge is 2.16. The summed E-state index contributed by atoms with van der Waals surface area (Å²) >= 11 is 0. The fraction of sp³-hybridized carbons (Fsp3) is 0.625. The second kappa shape index (κ2) is 9.75. The summed E-state index contributed by atoms with van der Waals surface area (Å²) in [6, 6.07) is 8.22. The Bertz CT molecular complexity index is 368. The molecule has 0 spiro atoms. The van der Waals surface area contributed by atoms with Crippen molar-refractivity contribution in [2.45, 2.75) is 32.9 Å². The third-order valence-corrected chi connectivity index (χ3v) is 2.89. The molecule has 0 aliphatic rings. The summed E-state index contributed by atoms with van der Waals surface area (Å²) in [6.07, 6.45) is 0.220. The number of hydrogen-bond acceptors (Lipinski definition) is 4. The molecule has 1 N–H and O–H groups in total. The minimum absolute atomic E-state index is 0.140. The molecule has 114 valence electrons. The lowest BCUT2D eigenvalue weighted by Crippen LogP contribution is -2.27. The Morgan fingerprint density at radius 1 is 1.15 bits per heavy atom. The molecule has 1 atom stereocenters. The van der Waals surface area contributed by atoms with Crippen molar-refractivity contribution in [3.05, 3.63) is 29.8 Å². The maximum absolute atomic E-state index is 5.79. The van der Waals surface area contributed by atoms with E-state index in [1.54, 1.807) is 7.11 Å². The van der Waals surface area contributed by atoms with Gasteiger partial charge in [-0.1, -0.05) is 25.1 Å². The van der Waals surface area contributed by atoms with E-state index in [-0.39, 0.29) is 12.1 Å². The number of likely N-dealkylation sites (N-methyl/N-ethyl adjacent to an activating group) is 1. The first-order chi connectivity index (χ1) is 9.69. The minimum Gasteiger partial charge on any atom is -0.491 e. The van der Waals surface area contributed by atoms with Gasteiger partial charge in [0.25, 0.3) is 0 Å². The summed E-state index contributed by atoms with van der Waals surface area (Å²) in [7, 11) is 1.67. The summed E-state index contributed by atoms with van der Waals surface area (Å²) < 4.78 is 16.6. The van der Waals surface area contributed by atoms with E-state index in [9.17, 15) is 0 Å². The number of para-hydroxylation sites is 1. The van der Waals surface area contributed by atoms with Crippen LogP contribution in [0.3, 0.4) is 0 Å². The van der Waals surface area contributed by atoms with E-state index in [1.165, 1.54) is 0 Å². The Hall–Kier alpha value is -1.10. The fourth-order valence-corrected chi connectivity index (χ4v) is 1.93. The fourth-order valence-electron chi connectivity index (χ4n) is 1.93. The van der Waals surface area contributed by atoms with Gasteiger partial charge in [0.05, 0.1) is 25.4 Å². The van der Waals surface area contributed by atoms with Gasteiger partial charge in [0.2, 0.25) is 0 Å². The first-order valence-electron chi connectivity index (χ1n) is 7.24. The van der Waals surface area contributed by atoms with E-state index in [0.717, 1.165) is 17.9 Å². The largest absolute Gasteiger partial charge is 0.491 e. The van der Waals surface area contributed by atoms with Gasteiger partial charge in [-0.15, -0.1) is 0 Å². The van der Waals surface area contributed by atoms with Gasteiger partial charge in [-0.25, -0.2) is 0 Å². The van der Waals surface area contributed by atoms with Gasteiger partial charge >= 0.3 is 0 Å². The first kappa shape index (κ1) is 17.0. The van der Waals surface area contributed by atoms with Crippen molar-refractivity contribution in [2.75, 3.05) is 33.5 Å². The normalized spacial score (nSPS) is 12.7. The third kappa shape index (κ3) is 5.90. The molecule has 1 aromatic carbocycles. The minimum atomic E-state index is 0.140. The van der Waals surface area contributed by atoms with Gasteiger partial charge in [-0.3, -0.25) is 0 Å². The van der Waals surface area contributed by atoms with Crippen LogP contribution in [0, 0.1) is 0 Å². The molecular formula is C16H27NO3. The van der Waals surface area contributed by atoms with E-state index in [0.29, 0.717) is 19.8 Å². The van der Waals surface area contributed by atoms with Crippen LogP contribution >= 0.6 is 0 Å². The van der Waals surface area contributed by atoms with Crippen LogP contribution in [0.1, 0.15) is 32.4 Å². The summed E-state index contributed by atoms with van der Waals surface area (Å²) in [5.74, 6) is 0.892. The van der Waals surface area contributed by atoms with Gasteiger partial charge in [-0.05, 0) is 26.5 Å². The molecule has 0 fully saturated rings. The Kier molecular flexibility index (Phi) is 8.26. The molecule has 0 radical (unpaired) electrons. The molecule has 20 heavy (non-hydrogen) atoms. The topological polar surface area (TPSA) is 39.7 Å². The molecule has 0 aliphatic carbocycles. The molecule has 0 saturated carbocycles. The predicted molar refractivity (Wildman–Crippen MR) is 81.3 cm³/mol. The van der Waals surface area contributed by atoms with E-state index in [4.69, 9.17) is 14.2 Å². The van der Waals surface area contributed by atoms with Gasteiger partial charge in [0.15, 0.2) is 0 Å². The maximum atomic E-state index is 5.79. The molecule has 0 bridgehead atoms. The Morgan fingerprint density at radius 2 is 1.90 bits per heavy atom. The van der Waals surface area contributed by atoms with Gasteiger partial charge in [0, 0.05) is 12.7 Å². The van der Waals surface area contributed by atoms with Crippen molar-refractivity contribution in [1.29, 1.82) is 0 Å². The SMILES string of the molecule is CCNC(COC(C)C)c1ccccc1OCCOC. The van der Waals surface area contributed by atoms with Crippen molar-refractivity contribution >= 4 is 0 Å². The van der Waals surface area contributed by atoms with Crippen molar-refractivity contribution in [3.63, 3.8) is 0 Å². The zero-order valence-corrected chi connectivity index (χ0v) is 13.0. The van der Waals surface area contributed by atoms with Crippen LogP contribution in [0.5, 0.6) is 5.75 Å². The monoisotopic (exact) mass is 281 g/mol. The van der Waals surface area contributed by atoms with Crippen LogP contribution in [-0.4, -0.2) is 39.6 Å². The second-order valence-electron chi connectivity index (χ2n) is 4.87. The van der Waals surface area contributed by atoms with Crippen LogP contribution in [0.2, 0.25) is 0 Å². The molecule has 0 aromatic heterocycles. The van der Waals surface area contributed by atoms with Crippen molar-refractivity contribution in [1.82, 2.24) is 5.32 Å². The lowest BCUT2D eigenvalue weighted by atomic mass is 10.1. The van der Waals surface area contributed by atoms with Gasteiger partial charge < -0.3 is 19.5 Å². The average molecular weight is 281 g/mol. The number of rotatable bonds is 10. The summed E-state index contributed by atoms with van der Waals surface area (Å²) in [5, 5.41) is 3.45. The lowest BCUT2D eigenvalue weighted by Gasteiger charge is -2.22. The number of benzene rings is 1. The van der Waals surface area contributed by atoms with Crippen molar-refractivity contribution in [2.24, 2.45) is 0 Å². The lowest BCUT2D eigenvalue weighted by molar-refractivity contribution is 0.0605. The highest BCUT2D eigenvalue weighted by atomic mass is 16.5. The molecule has 4 nitrogen and oxygen atoms in total. The third-order valence-electron chi connectivity index (χ3n) is 2.89. The average Bonchev–Trinajstić information content (AvgIpc) is 2.44. The number of nitrogens with one attached hydrogen (secondary N) is 1. The molecule has 1 unspecified atom stereocenters. The van der Waals surface area contributed by atoms with Crippen LogP contribution in [-0.2, 0) is 9.47 Å². The van der Waals surface area contributed by atoms with E-state index in [1.807, 2.05) is 32.0 Å². The van der Waals surface area contributed by atoms with E-state index < -0.39 is 0 Å². The number of methoxy groups -OCH3 is 1. The highest BCUT2D eigenvalue weighted by Crippen LogP contribution is 2.25. The zero-order chi connectivity index (χ0) is 14.8. The standard InChI is InChI=1S/C16H27NO3/c1-5-17-15(12-20-13(2)3)14-8-6-7-9-16(14)19-11-10-18-4/h6-9,13,15,17H,5,10-12H2,1-4H3. The van der Waals surface area contributed by atoms with Crippen LogP contribution in [0.4, 0.5) is 0 Å². The zero-order valence-electron chi connectivity index (χ0n) is 13.0. The quantitative estimate of drug-likeness (QED) is 0.669. The molecule has 1 rings (SSSR count). The molecule has 4 heteroatoms. The molecule has 1 aromatic rings. The highest BCUT2D eigenvalue weighted by molar-refractivity contribution is 5.36. The Morgan fingerprint density at radius 3 is 2.55 bits per heavy atom. The molecule has 0 amide bonds. The van der Waals surface area contributed by atoms with Crippen LogP contribution < -0.4 is 10.1 Å². The molecule has 0 heterocycles. The predicted octanol–water partition coefficient (Wildman–Crippen LogP) is 2.79. The summed E-state index contributed by atoms with van der Waals surface area (Å²) in [4.78, 5) is 0.